The van der Waals surface area contributed by atoms with Gasteiger partial charge in [0, 0.05) is 11.7 Å². The molecule has 0 aromatic heterocycles. The number of carboxylic acid groups (broad SMARTS) is 1. The lowest BCUT2D eigenvalue weighted by Crippen LogP contribution is -2.29. The van der Waals surface area contributed by atoms with Gasteiger partial charge in [0.05, 0.1) is 23.1 Å². The number of rotatable bonds is 3. The molecule has 0 spiro atoms. The van der Waals surface area contributed by atoms with E-state index in [1.54, 1.807) is 0 Å². The molecule has 1 fully saturated rings. The number of halogens is 3. The Bertz CT molecular complexity index is 600. The number of hydrogen-bond acceptors (Lipinski definition) is 3. The van der Waals surface area contributed by atoms with Gasteiger partial charge in [0.1, 0.15) is 0 Å². The van der Waals surface area contributed by atoms with Crippen LogP contribution in [0.25, 0.3) is 0 Å². The zero-order valence-corrected chi connectivity index (χ0v) is 11.7. The van der Waals surface area contributed by atoms with Gasteiger partial charge in [-0.05, 0) is 43.9 Å². The van der Waals surface area contributed by atoms with E-state index >= 15 is 0 Å². The Morgan fingerprint density at radius 2 is 1.91 bits per heavy atom. The van der Waals surface area contributed by atoms with Crippen LogP contribution in [-0.2, 0) is 11.0 Å². The molecule has 1 aliphatic carbocycles. The summed E-state index contributed by atoms with van der Waals surface area (Å²) in [6.07, 6.45) is -2.37. The van der Waals surface area contributed by atoms with Gasteiger partial charge in [-0.2, -0.15) is 18.4 Å². The summed E-state index contributed by atoms with van der Waals surface area (Å²) in [7, 11) is 0. The summed E-state index contributed by atoms with van der Waals surface area (Å²) in [4.78, 5) is 10.9. The third kappa shape index (κ3) is 3.70. The van der Waals surface area contributed by atoms with E-state index in [0.29, 0.717) is 31.4 Å². The molecule has 1 aromatic rings. The van der Waals surface area contributed by atoms with Crippen molar-refractivity contribution >= 4 is 11.7 Å². The van der Waals surface area contributed by atoms with Gasteiger partial charge in [-0.1, -0.05) is 0 Å². The molecule has 1 aromatic carbocycles. The lowest BCUT2D eigenvalue weighted by Gasteiger charge is -2.28. The van der Waals surface area contributed by atoms with E-state index in [0.717, 1.165) is 12.1 Å². The Kier molecular flexibility index (Phi) is 4.59. The topological polar surface area (TPSA) is 73.1 Å². The summed E-state index contributed by atoms with van der Waals surface area (Å²) in [6, 6.07) is 5.01. The number of anilines is 1. The number of nitrogens with one attached hydrogen (secondary N) is 1. The molecule has 7 heteroatoms. The highest BCUT2D eigenvalue weighted by molar-refractivity contribution is 5.70. The number of alkyl halides is 3. The van der Waals surface area contributed by atoms with E-state index in [9.17, 15) is 18.0 Å². The van der Waals surface area contributed by atoms with Crippen molar-refractivity contribution < 1.29 is 23.1 Å². The predicted molar refractivity (Wildman–Crippen MR) is 73.2 cm³/mol. The van der Waals surface area contributed by atoms with E-state index in [-0.39, 0.29) is 12.0 Å². The van der Waals surface area contributed by atoms with Crippen molar-refractivity contribution in [1.82, 2.24) is 0 Å². The molecule has 0 atom stereocenters. The largest absolute Gasteiger partial charge is 0.481 e. The van der Waals surface area contributed by atoms with Gasteiger partial charge >= 0.3 is 12.1 Å². The fourth-order valence-corrected chi connectivity index (χ4v) is 2.69. The summed E-state index contributed by atoms with van der Waals surface area (Å²) in [5, 5.41) is 20.7. The molecule has 0 heterocycles. The van der Waals surface area contributed by atoms with Crippen LogP contribution < -0.4 is 5.32 Å². The minimum absolute atomic E-state index is 0.0513. The smallest absolute Gasteiger partial charge is 0.417 e. The first-order valence-electron chi connectivity index (χ1n) is 6.92. The van der Waals surface area contributed by atoms with Crippen molar-refractivity contribution in [1.29, 1.82) is 5.26 Å². The number of benzene rings is 1. The van der Waals surface area contributed by atoms with Crippen LogP contribution in [-0.4, -0.2) is 17.1 Å². The molecule has 0 unspecified atom stereocenters. The van der Waals surface area contributed by atoms with E-state index in [2.05, 4.69) is 5.32 Å². The number of carbonyl (C=O) groups is 1. The number of nitriles is 1. The van der Waals surface area contributed by atoms with Crippen LogP contribution in [0.3, 0.4) is 0 Å². The lowest BCUT2D eigenvalue weighted by atomic mass is 9.86. The third-order valence-corrected chi connectivity index (χ3v) is 3.89. The van der Waals surface area contributed by atoms with E-state index in [4.69, 9.17) is 10.4 Å². The van der Waals surface area contributed by atoms with Gasteiger partial charge in [-0.15, -0.1) is 0 Å². The molecule has 0 bridgehead atoms. The van der Waals surface area contributed by atoms with Crippen LogP contribution in [0.15, 0.2) is 18.2 Å². The quantitative estimate of drug-likeness (QED) is 0.894. The number of nitrogens with zero attached hydrogens (tertiary/aromatic N) is 1. The van der Waals surface area contributed by atoms with Crippen molar-refractivity contribution in [3.63, 3.8) is 0 Å². The van der Waals surface area contributed by atoms with E-state index in [1.165, 1.54) is 12.1 Å². The number of aliphatic carboxylic acids is 1. The fourth-order valence-electron chi connectivity index (χ4n) is 2.69. The molecule has 2 N–H and O–H groups in total. The third-order valence-electron chi connectivity index (χ3n) is 3.89. The Morgan fingerprint density at radius 1 is 1.27 bits per heavy atom. The predicted octanol–water partition coefficient (Wildman–Crippen LogP) is 3.63. The van der Waals surface area contributed by atoms with Crippen LogP contribution in [0.5, 0.6) is 0 Å². The minimum atomic E-state index is -4.58. The molecule has 118 valence electrons. The Balaban J connectivity index is 2.09. The van der Waals surface area contributed by atoms with E-state index < -0.39 is 23.3 Å². The van der Waals surface area contributed by atoms with Gasteiger partial charge in [0.25, 0.3) is 0 Å². The lowest BCUT2D eigenvalue weighted by molar-refractivity contribution is -0.143. The Hall–Kier alpha value is -2.23. The maximum Gasteiger partial charge on any atom is 0.417 e. The SMILES string of the molecule is N#Cc1ccc(NC2CCC(C(=O)O)CC2)cc1C(F)(F)F. The molecule has 0 radical (unpaired) electrons. The summed E-state index contributed by atoms with van der Waals surface area (Å²) in [5.74, 6) is -1.19. The first kappa shape index (κ1) is 16.1. The van der Waals surface area contributed by atoms with Gasteiger partial charge in [-0.25, -0.2) is 0 Å². The Morgan fingerprint density at radius 3 is 2.41 bits per heavy atom. The van der Waals surface area contributed by atoms with Crippen molar-refractivity contribution in [2.24, 2.45) is 5.92 Å². The average Bonchev–Trinajstić information content (AvgIpc) is 2.47. The van der Waals surface area contributed by atoms with Crippen LogP contribution >= 0.6 is 0 Å². The van der Waals surface area contributed by atoms with Crippen LogP contribution in [0.1, 0.15) is 36.8 Å². The minimum Gasteiger partial charge on any atom is -0.481 e. The molecule has 0 saturated heterocycles. The molecule has 4 nitrogen and oxygen atoms in total. The molecule has 1 aliphatic rings. The molecule has 0 aliphatic heterocycles. The average molecular weight is 312 g/mol. The first-order valence-corrected chi connectivity index (χ1v) is 6.92. The highest BCUT2D eigenvalue weighted by Crippen LogP contribution is 2.34. The van der Waals surface area contributed by atoms with Gasteiger partial charge in [0.15, 0.2) is 0 Å². The van der Waals surface area contributed by atoms with Gasteiger partial charge < -0.3 is 10.4 Å². The van der Waals surface area contributed by atoms with Gasteiger partial charge in [0.2, 0.25) is 0 Å². The number of carboxylic acids is 1. The maximum absolute atomic E-state index is 12.9. The monoisotopic (exact) mass is 312 g/mol. The molecular weight excluding hydrogens is 297 g/mol. The first-order chi connectivity index (χ1) is 10.3. The normalized spacial score (nSPS) is 21.9. The van der Waals surface area contributed by atoms with Crippen LogP contribution in [0.2, 0.25) is 0 Å². The van der Waals surface area contributed by atoms with Crippen molar-refractivity contribution in [3.8, 4) is 6.07 Å². The highest BCUT2D eigenvalue weighted by atomic mass is 19.4. The summed E-state index contributed by atoms with van der Waals surface area (Å²) in [6.45, 7) is 0. The van der Waals surface area contributed by atoms with E-state index in [1.807, 2.05) is 0 Å². The zero-order chi connectivity index (χ0) is 16.3. The second-order valence-electron chi connectivity index (χ2n) is 5.40. The highest BCUT2D eigenvalue weighted by Gasteiger charge is 2.34. The molecule has 22 heavy (non-hydrogen) atoms. The fraction of sp³-hybridized carbons (Fsp3) is 0.467. The summed E-state index contributed by atoms with van der Waals surface area (Å²) >= 11 is 0. The summed E-state index contributed by atoms with van der Waals surface area (Å²) < 4.78 is 38.7. The van der Waals surface area contributed by atoms with Crippen LogP contribution in [0, 0.1) is 17.2 Å². The van der Waals surface area contributed by atoms with Crippen LogP contribution in [0.4, 0.5) is 18.9 Å². The molecule has 2 rings (SSSR count). The van der Waals surface area contributed by atoms with Crippen molar-refractivity contribution in [3.05, 3.63) is 29.3 Å². The van der Waals surface area contributed by atoms with Gasteiger partial charge in [-0.3, -0.25) is 4.79 Å². The molecule has 1 saturated carbocycles. The zero-order valence-electron chi connectivity index (χ0n) is 11.7. The van der Waals surface area contributed by atoms with Crippen molar-refractivity contribution in [2.45, 2.75) is 37.9 Å². The van der Waals surface area contributed by atoms with Crippen molar-refractivity contribution in [2.75, 3.05) is 5.32 Å². The second kappa shape index (κ2) is 6.26. The summed E-state index contributed by atoms with van der Waals surface area (Å²) in [5.41, 5.74) is -1.07. The maximum atomic E-state index is 12.9. The number of hydrogen-bond donors (Lipinski definition) is 2. The Labute approximate surface area is 125 Å². The molecular formula is C15H15F3N2O2. The second-order valence-corrected chi connectivity index (χ2v) is 5.40. The standard InChI is InChI=1S/C15H15F3N2O2/c16-15(17,18)13-7-12(6-3-10(13)8-19)20-11-4-1-9(2-5-11)14(21)22/h3,6-7,9,11,20H,1-2,4-5H2,(H,21,22). The molecule has 0 amide bonds.